The third kappa shape index (κ3) is 6.16. The van der Waals surface area contributed by atoms with E-state index in [0.717, 1.165) is 0 Å². The molecular formula is C21H28FN5O5. The number of hydrogen-bond donors (Lipinski definition) is 2. The average molecular weight is 449 g/mol. The van der Waals surface area contributed by atoms with Crippen molar-refractivity contribution in [3.8, 4) is 0 Å². The largest absolute Gasteiger partial charge is 0.450 e. The SMILES string of the molecule is CCOC(=O)N1CCN(CC(=O)N2CCNC(=O)[C@H]2CC(=O)Nc2ccc(F)cc2)CC1. The van der Waals surface area contributed by atoms with Gasteiger partial charge in [-0.25, -0.2) is 9.18 Å². The first-order valence-corrected chi connectivity index (χ1v) is 10.6. The summed E-state index contributed by atoms with van der Waals surface area (Å²) < 4.78 is 18.0. The molecule has 0 aromatic heterocycles. The molecule has 2 fully saturated rings. The third-order valence-corrected chi connectivity index (χ3v) is 5.42. The van der Waals surface area contributed by atoms with Gasteiger partial charge in [0.1, 0.15) is 11.9 Å². The molecular weight excluding hydrogens is 421 g/mol. The van der Waals surface area contributed by atoms with Crippen LogP contribution in [0.5, 0.6) is 0 Å². The molecule has 2 saturated heterocycles. The van der Waals surface area contributed by atoms with Gasteiger partial charge in [-0.15, -0.1) is 0 Å². The number of nitrogens with one attached hydrogen (secondary N) is 2. The Kier molecular flexibility index (Phi) is 7.98. The molecule has 11 heteroatoms. The molecule has 0 bridgehead atoms. The number of piperazine rings is 2. The highest BCUT2D eigenvalue weighted by Crippen LogP contribution is 2.14. The Morgan fingerprint density at radius 2 is 1.81 bits per heavy atom. The van der Waals surface area contributed by atoms with Crippen molar-refractivity contribution in [3.63, 3.8) is 0 Å². The lowest BCUT2D eigenvalue weighted by atomic mass is 10.1. The molecule has 10 nitrogen and oxygen atoms in total. The van der Waals surface area contributed by atoms with Gasteiger partial charge in [0.25, 0.3) is 0 Å². The maximum Gasteiger partial charge on any atom is 0.409 e. The Morgan fingerprint density at radius 1 is 1.12 bits per heavy atom. The molecule has 32 heavy (non-hydrogen) atoms. The summed E-state index contributed by atoms with van der Waals surface area (Å²) in [6.07, 6.45) is -0.565. The molecule has 1 atom stereocenters. The smallest absolute Gasteiger partial charge is 0.409 e. The second kappa shape index (κ2) is 10.9. The van der Waals surface area contributed by atoms with Crippen LogP contribution < -0.4 is 10.6 Å². The molecule has 2 aliphatic rings. The summed E-state index contributed by atoms with van der Waals surface area (Å²) in [7, 11) is 0. The minimum atomic E-state index is -0.919. The fourth-order valence-electron chi connectivity index (χ4n) is 3.72. The summed E-state index contributed by atoms with van der Waals surface area (Å²) >= 11 is 0. The Bertz CT molecular complexity index is 841. The molecule has 0 spiro atoms. The van der Waals surface area contributed by atoms with Crippen molar-refractivity contribution >= 4 is 29.5 Å². The predicted octanol–water partition coefficient (Wildman–Crippen LogP) is 0.255. The standard InChI is InChI=1S/C21H28FN5O5/c1-2-32-21(31)26-11-9-25(10-12-26)14-19(29)27-8-7-23-20(30)17(27)13-18(28)24-16-5-3-15(22)4-6-16/h3-6,17H,2,7-14H2,1H3,(H,23,30)(H,24,28)/t17-/m1/s1. The van der Waals surface area contributed by atoms with Crippen molar-refractivity contribution in [1.29, 1.82) is 0 Å². The number of carbonyl (C=O) groups is 4. The van der Waals surface area contributed by atoms with Gasteiger partial charge < -0.3 is 25.2 Å². The van der Waals surface area contributed by atoms with Crippen molar-refractivity contribution in [1.82, 2.24) is 20.0 Å². The number of benzene rings is 1. The Hall–Kier alpha value is -3.21. The quantitative estimate of drug-likeness (QED) is 0.644. The molecule has 2 aliphatic heterocycles. The first kappa shape index (κ1) is 23.5. The van der Waals surface area contributed by atoms with Crippen molar-refractivity contribution in [2.24, 2.45) is 0 Å². The first-order valence-electron chi connectivity index (χ1n) is 10.6. The van der Waals surface area contributed by atoms with Crippen molar-refractivity contribution in [3.05, 3.63) is 30.1 Å². The minimum absolute atomic E-state index is 0.0972. The number of amides is 4. The average Bonchev–Trinajstić information content (AvgIpc) is 2.77. The van der Waals surface area contributed by atoms with Gasteiger partial charge in [-0.05, 0) is 31.2 Å². The normalized spacial score (nSPS) is 19.3. The number of anilines is 1. The molecule has 0 unspecified atom stereocenters. The van der Waals surface area contributed by atoms with E-state index in [4.69, 9.17) is 4.74 Å². The molecule has 1 aromatic carbocycles. The highest BCUT2D eigenvalue weighted by atomic mass is 19.1. The topological polar surface area (TPSA) is 111 Å². The highest BCUT2D eigenvalue weighted by molar-refractivity contribution is 5.97. The van der Waals surface area contributed by atoms with Gasteiger partial charge in [0.15, 0.2) is 0 Å². The molecule has 174 valence electrons. The summed E-state index contributed by atoms with van der Waals surface area (Å²) in [6.45, 7) is 4.72. The molecule has 4 amide bonds. The Balaban J connectivity index is 1.54. The monoisotopic (exact) mass is 449 g/mol. The minimum Gasteiger partial charge on any atom is -0.450 e. The van der Waals surface area contributed by atoms with E-state index in [2.05, 4.69) is 10.6 Å². The van der Waals surface area contributed by atoms with Crippen molar-refractivity contribution < 1.29 is 28.3 Å². The maximum atomic E-state index is 13.0. The van der Waals surface area contributed by atoms with Crippen LogP contribution in [0.2, 0.25) is 0 Å². The van der Waals surface area contributed by atoms with Crippen molar-refractivity contribution in [2.45, 2.75) is 19.4 Å². The fourth-order valence-corrected chi connectivity index (χ4v) is 3.72. The van der Waals surface area contributed by atoms with Gasteiger partial charge in [0, 0.05) is 45.0 Å². The van der Waals surface area contributed by atoms with Crippen LogP contribution in [0, 0.1) is 5.82 Å². The number of rotatable bonds is 6. The molecule has 2 N–H and O–H groups in total. The molecule has 1 aromatic rings. The second-order valence-corrected chi connectivity index (χ2v) is 7.62. The lowest BCUT2D eigenvalue weighted by Gasteiger charge is -2.38. The van der Waals surface area contributed by atoms with E-state index >= 15 is 0 Å². The van der Waals surface area contributed by atoms with Crippen molar-refractivity contribution in [2.75, 3.05) is 57.7 Å². The fraction of sp³-hybridized carbons (Fsp3) is 0.524. The van der Waals surface area contributed by atoms with Gasteiger partial charge in [-0.3, -0.25) is 19.3 Å². The molecule has 0 radical (unpaired) electrons. The summed E-state index contributed by atoms with van der Waals surface area (Å²) in [6, 6.07) is 4.37. The van der Waals surface area contributed by atoms with Crippen LogP contribution >= 0.6 is 0 Å². The maximum absolute atomic E-state index is 13.0. The lowest BCUT2D eigenvalue weighted by molar-refractivity contribution is -0.145. The molecule has 2 heterocycles. The molecule has 0 aliphatic carbocycles. The highest BCUT2D eigenvalue weighted by Gasteiger charge is 2.35. The van der Waals surface area contributed by atoms with Crippen LogP contribution in [0.15, 0.2) is 24.3 Å². The third-order valence-electron chi connectivity index (χ3n) is 5.42. The van der Waals surface area contributed by atoms with Gasteiger partial charge in [-0.2, -0.15) is 0 Å². The van der Waals surface area contributed by atoms with Crippen LogP contribution in [-0.4, -0.2) is 97.0 Å². The molecule has 3 rings (SSSR count). The Labute approximate surface area is 185 Å². The number of ether oxygens (including phenoxy) is 1. The zero-order valence-corrected chi connectivity index (χ0v) is 18.0. The first-order chi connectivity index (χ1) is 15.4. The van der Waals surface area contributed by atoms with E-state index in [1.54, 1.807) is 11.8 Å². The zero-order chi connectivity index (χ0) is 23.1. The van der Waals surface area contributed by atoms with E-state index in [0.29, 0.717) is 51.6 Å². The number of hydrogen-bond acceptors (Lipinski definition) is 6. The van der Waals surface area contributed by atoms with E-state index < -0.39 is 17.8 Å². The van der Waals surface area contributed by atoms with Crippen LogP contribution in [-0.2, 0) is 19.1 Å². The van der Waals surface area contributed by atoms with Crippen LogP contribution in [0.1, 0.15) is 13.3 Å². The van der Waals surface area contributed by atoms with Gasteiger partial charge in [-0.1, -0.05) is 0 Å². The summed E-state index contributed by atoms with van der Waals surface area (Å²) in [5, 5.41) is 5.31. The van der Waals surface area contributed by atoms with Crippen LogP contribution in [0.3, 0.4) is 0 Å². The Morgan fingerprint density at radius 3 is 2.47 bits per heavy atom. The van der Waals surface area contributed by atoms with Gasteiger partial charge in [0.2, 0.25) is 17.7 Å². The number of halogens is 1. The predicted molar refractivity (Wildman–Crippen MR) is 113 cm³/mol. The lowest BCUT2D eigenvalue weighted by Crippen LogP contribution is -2.60. The summed E-state index contributed by atoms with van der Waals surface area (Å²) in [4.78, 5) is 54.5. The second-order valence-electron chi connectivity index (χ2n) is 7.62. The zero-order valence-electron chi connectivity index (χ0n) is 18.0. The van der Waals surface area contributed by atoms with Gasteiger partial charge in [0.05, 0.1) is 19.6 Å². The number of nitrogens with zero attached hydrogens (tertiary/aromatic N) is 3. The van der Waals surface area contributed by atoms with E-state index in [1.165, 1.54) is 29.2 Å². The summed E-state index contributed by atoms with van der Waals surface area (Å²) in [5.74, 6) is -1.50. The summed E-state index contributed by atoms with van der Waals surface area (Å²) in [5.41, 5.74) is 0.407. The van der Waals surface area contributed by atoms with E-state index in [9.17, 15) is 23.6 Å². The van der Waals surface area contributed by atoms with E-state index in [-0.39, 0.29) is 30.9 Å². The van der Waals surface area contributed by atoms with Crippen LogP contribution in [0.4, 0.5) is 14.9 Å². The van der Waals surface area contributed by atoms with E-state index in [1.807, 2.05) is 4.90 Å². The molecule has 0 saturated carbocycles. The van der Waals surface area contributed by atoms with Gasteiger partial charge >= 0.3 is 6.09 Å². The number of carbonyl (C=O) groups excluding carboxylic acids is 4. The van der Waals surface area contributed by atoms with Crippen LogP contribution in [0.25, 0.3) is 0 Å².